The highest BCUT2D eigenvalue weighted by Crippen LogP contribution is 2.33. The number of carbonyl (C=O) groups is 1. The van der Waals surface area contributed by atoms with E-state index in [1.165, 1.54) is 0 Å². The smallest absolute Gasteiger partial charge is 0.345 e. The second-order valence-electron chi connectivity index (χ2n) is 5.26. The largest absolute Gasteiger partial charge is 0.405 e. The molecule has 0 saturated heterocycles. The standard InChI is InChI=1S/C17H14ClNO2/c1-11-6-8-13(9-7-11)17(2)16(20)21-15(19-17)12-4-3-5-14(18)10-12/h3-10H,1-2H3. The third kappa shape index (κ3) is 2.45. The number of esters is 1. The number of rotatable bonds is 2. The summed E-state index contributed by atoms with van der Waals surface area (Å²) in [6.07, 6.45) is 0. The number of nitrogens with zero attached hydrogens (tertiary/aromatic N) is 1. The molecule has 0 saturated carbocycles. The molecule has 0 aliphatic carbocycles. The molecule has 3 nitrogen and oxygen atoms in total. The molecular weight excluding hydrogens is 286 g/mol. The molecule has 21 heavy (non-hydrogen) atoms. The van der Waals surface area contributed by atoms with Gasteiger partial charge in [-0.25, -0.2) is 9.79 Å². The molecule has 0 aromatic heterocycles. The fraction of sp³-hybridized carbons (Fsp3) is 0.176. The minimum Gasteiger partial charge on any atom is -0.405 e. The summed E-state index contributed by atoms with van der Waals surface area (Å²) in [5.74, 6) is -0.0631. The Morgan fingerprint density at radius 2 is 1.86 bits per heavy atom. The highest BCUT2D eigenvalue weighted by molar-refractivity contribution is 6.31. The van der Waals surface area contributed by atoms with Gasteiger partial charge in [-0.15, -0.1) is 0 Å². The zero-order valence-electron chi connectivity index (χ0n) is 11.8. The quantitative estimate of drug-likeness (QED) is 0.790. The molecule has 0 N–H and O–H groups in total. The van der Waals surface area contributed by atoms with Gasteiger partial charge in [-0.2, -0.15) is 0 Å². The molecule has 0 spiro atoms. The van der Waals surface area contributed by atoms with E-state index in [2.05, 4.69) is 4.99 Å². The third-order valence-corrected chi connectivity index (χ3v) is 3.83. The van der Waals surface area contributed by atoms with Crippen LogP contribution in [0.4, 0.5) is 0 Å². The second-order valence-corrected chi connectivity index (χ2v) is 5.69. The van der Waals surface area contributed by atoms with Gasteiger partial charge in [-0.1, -0.05) is 47.5 Å². The Labute approximate surface area is 128 Å². The van der Waals surface area contributed by atoms with Crippen LogP contribution in [-0.4, -0.2) is 11.9 Å². The number of carbonyl (C=O) groups excluding carboxylic acids is 1. The molecule has 3 rings (SSSR count). The van der Waals surface area contributed by atoms with Crippen molar-refractivity contribution in [2.45, 2.75) is 19.4 Å². The van der Waals surface area contributed by atoms with Gasteiger partial charge in [0, 0.05) is 10.6 Å². The number of benzene rings is 2. The normalized spacial score (nSPS) is 21.1. The Morgan fingerprint density at radius 1 is 1.14 bits per heavy atom. The van der Waals surface area contributed by atoms with E-state index in [9.17, 15) is 4.79 Å². The third-order valence-electron chi connectivity index (χ3n) is 3.60. The van der Waals surface area contributed by atoms with Crippen LogP contribution in [0.15, 0.2) is 53.5 Å². The minimum atomic E-state index is -1.01. The molecule has 0 bridgehead atoms. The minimum absolute atomic E-state index is 0.311. The van der Waals surface area contributed by atoms with Gasteiger partial charge in [0.25, 0.3) is 0 Å². The number of halogens is 1. The van der Waals surface area contributed by atoms with Crippen LogP contribution < -0.4 is 0 Å². The van der Waals surface area contributed by atoms with E-state index in [0.717, 1.165) is 11.1 Å². The predicted molar refractivity (Wildman–Crippen MR) is 82.6 cm³/mol. The van der Waals surface area contributed by atoms with Gasteiger partial charge < -0.3 is 4.74 Å². The summed E-state index contributed by atoms with van der Waals surface area (Å²) >= 11 is 5.97. The molecule has 0 amide bonds. The van der Waals surface area contributed by atoms with Crippen LogP contribution in [0.25, 0.3) is 0 Å². The maximum absolute atomic E-state index is 12.3. The van der Waals surface area contributed by atoms with Gasteiger partial charge in [0.05, 0.1) is 0 Å². The summed E-state index contributed by atoms with van der Waals surface area (Å²) in [6, 6.07) is 14.8. The van der Waals surface area contributed by atoms with Crippen LogP contribution in [0.1, 0.15) is 23.6 Å². The Kier molecular flexibility index (Phi) is 3.30. The van der Waals surface area contributed by atoms with Gasteiger partial charge in [0.1, 0.15) is 0 Å². The number of hydrogen-bond acceptors (Lipinski definition) is 3. The maximum Gasteiger partial charge on any atom is 0.345 e. The summed E-state index contributed by atoms with van der Waals surface area (Å²) in [7, 11) is 0. The molecule has 2 aromatic carbocycles. The molecule has 106 valence electrons. The molecule has 1 aliphatic rings. The zero-order chi connectivity index (χ0) is 15.0. The monoisotopic (exact) mass is 299 g/mol. The van der Waals surface area contributed by atoms with Crippen LogP contribution in [0.5, 0.6) is 0 Å². The van der Waals surface area contributed by atoms with Crippen LogP contribution >= 0.6 is 11.6 Å². The molecule has 4 heteroatoms. The molecule has 1 heterocycles. The van der Waals surface area contributed by atoms with Crippen molar-refractivity contribution in [1.82, 2.24) is 0 Å². The highest BCUT2D eigenvalue weighted by atomic mass is 35.5. The van der Waals surface area contributed by atoms with Crippen molar-refractivity contribution >= 4 is 23.5 Å². The number of cyclic esters (lactones) is 1. The van der Waals surface area contributed by atoms with E-state index in [4.69, 9.17) is 16.3 Å². The first-order chi connectivity index (χ1) is 9.99. The molecule has 0 fully saturated rings. The molecule has 1 aliphatic heterocycles. The molecule has 1 unspecified atom stereocenters. The lowest BCUT2D eigenvalue weighted by atomic mass is 9.93. The van der Waals surface area contributed by atoms with Gasteiger partial charge in [0.2, 0.25) is 5.90 Å². The van der Waals surface area contributed by atoms with Crippen molar-refractivity contribution in [1.29, 1.82) is 0 Å². The topological polar surface area (TPSA) is 38.7 Å². The van der Waals surface area contributed by atoms with Crippen molar-refractivity contribution in [2.75, 3.05) is 0 Å². The van der Waals surface area contributed by atoms with Crippen molar-refractivity contribution in [3.05, 3.63) is 70.2 Å². The van der Waals surface area contributed by atoms with Gasteiger partial charge in [0.15, 0.2) is 5.54 Å². The van der Waals surface area contributed by atoms with Crippen LogP contribution in [0.2, 0.25) is 5.02 Å². The van der Waals surface area contributed by atoms with E-state index < -0.39 is 5.54 Å². The maximum atomic E-state index is 12.3. The molecule has 2 aromatic rings. The van der Waals surface area contributed by atoms with E-state index in [-0.39, 0.29) is 5.97 Å². The summed E-state index contributed by atoms with van der Waals surface area (Å²) in [5, 5.41) is 0.579. The number of hydrogen-bond donors (Lipinski definition) is 0. The first-order valence-corrected chi connectivity index (χ1v) is 7.02. The van der Waals surface area contributed by atoms with Crippen LogP contribution in [0, 0.1) is 6.92 Å². The van der Waals surface area contributed by atoms with Crippen LogP contribution in [0.3, 0.4) is 0 Å². The van der Waals surface area contributed by atoms with Gasteiger partial charge in [-0.05, 0) is 37.6 Å². The van der Waals surface area contributed by atoms with E-state index >= 15 is 0 Å². The molecular formula is C17H14ClNO2. The Balaban J connectivity index is 2.03. The SMILES string of the molecule is Cc1ccc(C2(C)N=C(c3cccc(Cl)c3)OC2=O)cc1. The first-order valence-electron chi connectivity index (χ1n) is 6.64. The van der Waals surface area contributed by atoms with Crippen molar-refractivity contribution in [3.63, 3.8) is 0 Å². The Hall–Kier alpha value is -2.13. The fourth-order valence-electron chi connectivity index (χ4n) is 2.26. The highest BCUT2D eigenvalue weighted by Gasteiger charge is 2.43. The van der Waals surface area contributed by atoms with Crippen molar-refractivity contribution in [2.24, 2.45) is 4.99 Å². The average Bonchev–Trinajstić information content (AvgIpc) is 2.77. The van der Waals surface area contributed by atoms with Crippen molar-refractivity contribution < 1.29 is 9.53 Å². The number of aliphatic imine (C=N–C) groups is 1. The number of ether oxygens (including phenoxy) is 1. The average molecular weight is 300 g/mol. The lowest BCUT2D eigenvalue weighted by Crippen LogP contribution is -2.27. The Bertz CT molecular complexity index is 737. The van der Waals surface area contributed by atoms with Crippen LogP contribution in [-0.2, 0) is 15.1 Å². The van der Waals surface area contributed by atoms with E-state index in [1.807, 2.05) is 37.3 Å². The second kappa shape index (κ2) is 5.01. The predicted octanol–water partition coefficient (Wildman–Crippen LogP) is 3.87. The van der Waals surface area contributed by atoms with E-state index in [0.29, 0.717) is 16.5 Å². The fourth-order valence-corrected chi connectivity index (χ4v) is 2.45. The Morgan fingerprint density at radius 3 is 2.52 bits per heavy atom. The van der Waals surface area contributed by atoms with Crippen molar-refractivity contribution in [3.8, 4) is 0 Å². The summed E-state index contributed by atoms with van der Waals surface area (Å²) in [5.41, 5.74) is 1.64. The molecule has 1 atom stereocenters. The lowest BCUT2D eigenvalue weighted by Gasteiger charge is -2.16. The molecule has 0 radical (unpaired) electrons. The first kappa shape index (κ1) is 13.8. The van der Waals surface area contributed by atoms with E-state index in [1.54, 1.807) is 25.1 Å². The lowest BCUT2D eigenvalue weighted by molar-refractivity contribution is -0.138. The number of aryl methyl sites for hydroxylation is 1. The summed E-state index contributed by atoms with van der Waals surface area (Å²) in [4.78, 5) is 16.8. The zero-order valence-corrected chi connectivity index (χ0v) is 12.5. The summed E-state index contributed by atoms with van der Waals surface area (Å²) < 4.78 is 5.36. The van der Waals surface area contributed by atoms with Gasteiger partial charge >= 0.3 is 5.97 Å². The summed E-state index contributed by atoms with van der Waals surface area (Å²) in [6.45, 7) is 3.76. The van der Waals surface area contributed by atoms with Gasteiger partial charge in [-0.3, -0.25) is 0 Å².